The summed E-state index contributed by atoms with van der Waals surface area (Å²) in [5.74, 6) is -0.00697. The molecule has 0 aliphatic carbocycles. The molecule has 2 aromatic rings. The van der Waals surface area contributed by atoms with Gasteiger partial charge in [-0.05, 0) is 28.4 Å². The van der Waals surface area contributed by atoms with Crippen LogP contribution in [0.5, 0.6) is 0 Å². The van der Waals surface area contributed by atoms with Crippen molar-refractivity contribution in [3.63, 3.8) is 0 Å². The van der Waals surface area contributed by atoms with Crippen molar-refractivity contribution in [1.82, 2.24) is 19.4 Å². The van der Waals surface area contributed by atoms with Crippen LogP contribution >= 0.6 is 27.5 Å². The number of carbonyl (C=O) groups excluding carboxylic acids is 1. The average molecular weight is 398 g/mol. The average Bonchev–Trinajstić information content (AvgIpc) is 2.52. The number of nitrogens with zero attached hydrogens (tertiary/aromatic N) is 4. The van der Waals surface area contributed by atoms with Crippen LogP contribution in [-0.4, -0.2) is 31.9 Å². The fraction of sp³-hybridized carbons (Fsp3) is 0.333. The second-order valence-electron chi connectivity index (χ2n) is 5.38. The third-order valence-electron chi connectivity index (χ3n) is 3.84. The van der Waals surface area contributed by atoms with Crippen molar-refractivity contribution >= 4 is 33.4 Å². The van der Waals surface area contributed by atoms with E-state index < -0.39 is 0 Å². The molecule has 120 valence electrons. The van der Waals surface area contributed by atoms with Gasteiger partial charge < -0.3 is 4.90 Å². The molecular weight excluding hydrogens is 384 g/mol. The largest absolute Gasteiger partial charge is 0.337 e. The molecule has 0 radical (unpaired) electrons. The van der Waals surface area contributed by atoms with E-state index in [4.69, 9.17) is 11.6 Å². The highest BCUT2D eigenvalue weighted by molar-refractivity contribution is 9.10. The predicted molar refractivity (Wildman–Crippen MR) is 89.3 cm³/mol. The van der Waals surface area contributed by atoms with Gasteiger partial charge in [-0.2, -0.15) is 0 Å². The lowest BCUT2D eigenvalue weighted by molar-refractivity contribution is -0.129. The lowest BCUT2D eigenvalue weighted by Crippen LogP contribution is -2.39. The minimum atomic E-state index is -0.0982. The zero-order valence-electron chi connectivity index (χ0n) is 12.4. The third-order valence-corrected chi connectivity index (χ3v) is 4.60. The summed E-state index contributed by atoms with van der Waals surface area (Å²) in [5, 5.41) is 0.492. The van der Waals surface area contributed by atoms with Gasteiger partial charge in [-0.15, -0.1) is 0 Å². The van der Waals surface area contributed by atoms with Crippen molar-refractivity contribution in [2.24, 2.45) is 0 Å². The van der Waals surface area contributed by atoms with E-state index in [0.29, 0.717) is 41.5 Å². The molecule has 0 N–H and O–H groups in total. The summed E-state index contributed by atoms with van der Waals surface area (Å²) < 4.78 is 2.29. The van der Waals surface area contributed by atoms with Crippen molar-refractivity contribution in [2.75, 3.05) is 6.54 Å². The summed E-state index contributed by atoms with van der Waals surface area (Å²) in [7, 11) is 0. The first-order valence-corrected chi connectivity index (χ1v) is 8.25. The van der Waals surface area contributed by atoms with Gasteiger partial charge in [0, 0.05) is 29.7 Å². The Labute approximate surface area is 146 Å². The summed E-state index contributed by atoms with van der Waals surface area (Å²) in [6.07, 6.45) is 3.65. The van der Waals surface area contributed by atoms with Gasteiger partial charge in [0.25, 0.3) is 5.56 Å². The highest BCUT2D eigenvalue weighted by atomic mass is 79.9. The van der Waals surface area contributed by atoms with Crippen molar-refractivity contribution < 1.29 is 4.79 Å². The first-order valence-electron chi connectivity index (χ1n) is 7.08. The Morgan fingerprint density at radius 3 is 2.91 bits per heavy atom. The van der Waals surface area contributed by atoms with Crippen molar-refractivity contribution in [2.45, 2.75) is 26.4 Å². The first-order chi connectivity index (χ1) is 11.0. The summed E-state index contributed by atoms with van der Waals surface area (Å²) >= 11 is 9.46. The normalized spacial score (nSPS) is 13.8. The van der Waals surface area contributed by atoms with Crippen LogP contribution in [-0.2, 0) is 24.3 Å². The molecule has 8 heteroatoms. The third kappa shape index (κ3) is 3.30. The van der Waals surface area contributed by atoms with Gasteiger partial charge in [0.05, 0.1) is 35.8 Å². The Hall–Kier alpha value is -1.73. The van der Waals surface area contributed by atoms with E-state index in [9.17, 15) is 9.59 Å². The SMILES string of the molecule is CC(=O)N1CCc2c(ncn(Cc3ncc(Br)cc3Cl)c2=O)C1. The number of hydrogen-bond donors (Lipinski definition) is 0. The van der Waals surface area contributed by atoms with Gasteiger partial charge in [-0.1, -0.05) is 11.6 Å². The zero-order valence-corrected chi connectivity index (χ0v) is 14.8. The quantitative estimate of drug-likeness (QED) is 0.777. The fourth-order valence-corrected chi connectivity index (χ4v) is 3.25. The van der Waals surface area contributed by atoms with E-state index in [1.54, 1.807) is 17.2 Å². The molecular formula is C15H14BrClN4O2. The number of halogens is 2. The van der Waals surface area contributed by atoms with Crippen molar-refractivity contribution in [3.8, 4) is 0 Å². The van der Waals surface area contributed by atoms with Crippen LogP contribution in [0.2, 0.25) is 5.02 Å². The maximum absolute atomic E-state index is 12.6. The van der Waals surface area contributed by atoms with E-state index in [1.807, 2.05) is 0 Å². The molecule has 0 fully saturated rings. The van der Waals surface area contributed by atoms with Crippen LogP contribution in [0.1, 0.15) is 23.9 Å². The van der Waals surface area contributed by atoms with Gasteiger partial charge in [0.2, 0.25) is 5.91 Å². The maximum Gasteiger partial charge on any atom is 0.257 e. The number of hydrogen-bond acceptors (Lipinski definition) is 4. The standard InChI is InChI=1S/C15H14BrClN4O2/c1-9(22)20-3-2-11-13(6-20)19-8-21(15(11)23)7-14-12(17)4-10(16)5-18-14/h4-5,8H,2-3,6-7H2,1H3. The first kappa shape index (κ1) is 16.1. The molecule has 1 aliphatic rings. The maximum atomic E-state index is 12.6. The van der Waals surface area contributed by atoms with Crippen LogP contribution in [0.15, 0.2) is 27.9 Å². The Balaban J connectivity index is 1.91. The lowest BCUT2D eigenvalue weighted by atomic mass is 10.1. The molecule has 1 aliphatic heterocycles. The Morgan fingerprint density at radius 2 is 2.22 bits per heavy atom. The van der Waals surface area contributed by atoms with E-state index in [1.165, 1.54) is 17.8 Å². The summed E-state index contributed by atoms with van der Waals surface area (Å²) in [5.41, 5.74) is 1.85. The molecule has 0 bridgehead atoms. The summed E-state index contributed by atoms with van der Waals surface area (Å²) in [6.45, 7) is 2.72. The van der Waals surface area contributed by atoms with E-state index in [2.05, 4.69) is 25.9 Å². The molecule has 0 spiro atoms. The molecule has 0 unspecified atom stereocenters. The number of pyridine rings is 1. The number of aromatic nitrogens is 3. The monoisotopic (exact) mass is 396 g/mol. The van der Waals surface area contributed by atoms with Crippen LogP contribution < -0.4 is 5.56 Å². The van der Waals surface area contributed by atoms with Gasteiger partial charge in [-0.25, -0.2) is 4.98 Å². The van der Waals surface area contributed by atoms with Gasteiger partial charge in [0.15, 0.2) is 0 Å². The highest BCUT2D eigenvalue weighted by Crippen LogP contribution is 2.20. The molecule has 2 aromatic heterocycles. The summed E-state index contributed by atoms with van der Waals surface area (Å²) in [4.78, 5) is 34.3. The van der Waals surface area contributed by atoms with Gasteiger partial charge in [0.1, 0.15) is 0 Å². The number of amides is 1. The molecule has 3 heterocycles. The van der Waals surface area contributed by atoms with Crippen LogP contribution in [0, 0.1) is 0 Å². The van der Waals surface area contributed by atoms with Crippen molar-refractivity contribution in [1.29, 1.82) is 0 Å². The molecule has 23 heavy (non-hydrogen) atoms. The second kappa shape index (κ2) is 6.41. The fourth-order valence-electron chi connectivity index (χ4n) is 2.56. The Morgan fingerprint density at radius 1 is 1.43 bits per heavy atom. The number of carbonyl (C=O) groups is 1. The molecule has 3 rings (SSSR count). The second-order valence-corrected chi connectivity index (χ2v) is 6.70. The van der Waals surface area contributed by atoms with E-state index >= 15 is 0 Å². The molecule has 0 saturated carbocycles. The number of fused-ring (bicyclic) bond motifs is 1. The zero-order chi connectivity index (χ0) is 16.6. The Kier molecular flexibility index (Phi) is 4.50. The van der Waals surface area contributed by atoms with Gasteiger partial charge >= 0.3 is 0 Å². The van der Waals surface area contributed by atoms with Crippen LogP contribution in [0.3, 0.4) is 0 Å². The number of rotatable bonds is 2. The highest BCUT2D eigenvalue weighted by Gasteiger charge is 2.22. The lowest BCUT2D eigenvalue weighted by Gasteiger charge is -2.26. The predicted octanol–water partition coefficient (Wildman–Crippen LogP) is 2.01. The minimum Gasteiger partial charge on any atom is -0.337 e. The van der Waals surface area contributed by atoms with Gasteiger partial charge in [-0.3, -0.25) is 19.1 Å². The van der Waals surface area contributed by atoms with E-state index in [-0.39, 0.29) is 18.0 Å². The molecule has 6 nitrogen and oxygen atoms in total. The molecule has 0 atom stereocenters. The molecule has 1 amide bonds. The topological polar surface area (TPSA) is 68.1 Å². The van der Waals surface area contributed by atoms with E-state index in [0.717, 1.165) is 4.47 Å². The van der Waals surface area contributed by atoms with Crippen LogP contribution in [0.25, 0.3) is 0 Å². The Bertz CT molecular complexity index is 837. The molecule has 0 saturated heterocycles. The van der Waals surface area contributed by atoms with Crippen molar-refractivity contribution in [3.05, 3.63) is 55.4 Å². The summed E-state index contributed by atoms with van der Waals surface area (Å²) in [6, 6.07) is 1.74. The smallest absolute Gasteiger partial charge is 0.257 e. The van der Waals surface area contributed by atoms with Crippen LogP contribution in [0.4, 0.5) is 0 Å². The minimum absolute atomic E-state index is 0.00697. The molecule has 0 aromatic carbocycles.